The lowest BCUT2D eigenvalue weighted by atomic mass is 9.92. The van der Waals surface area contributed by atoms with Gasteiger partial charge in [0.1, 0.15) is 5.82 Å². The van der Waals surface area contributed by atoms with Crippen LogP contribution in [0.3, 0.4) is 0 Å². The third-order valence-corrected chi connectivity index (χ3v) is 4.10. The number of nitrogens with zero attached hydrogens (tertiary/aromatic N) is 2. The van der Waals surface area contributed by atoms with E-state index in [0.29, 0.717) is 5.92 Å². The highest BCUT2D eigenvalue weighted by atomic mass is 16.3. The summed E-state index contributed by atoms with van der Waals surface area (Å²) in [6, 6.07) is 4.22. The van der Waals surface area contributed by atoms with Crippen molar-refractivity contribution < 1.29 is 5.11 Å². The molecule has 0 spiro atoms. The Morgan fingerprint density at radius 2 is 2.15 bits per heavy atom. The molecule has 1 aliphatic heterocycles. The molecule has 4 nitrogen and oxygen atoms in total. The van der Waals surface area contributed by atoms with E-state index in [9.17, 15) is 5.11 Å². The number of nitrogens with one attached hydrogen (secondary N) is 1. The summed E-state index contributed by atoms with van der Waals surface area (Å²) in [5, 5.41) is 12.9. The Hall–Kier alpha value is -1.13. The molecule has 1 aromatic heterocycles. The van der Waals surface area contributed by atoms with E-state index < -0.39 is 0 Å². The second-order valence-corrected chi connectivity index (χ2v) is 5.83. The molecule has 4 heteroatoms. The van der Waals surface area contributed by atoms with Crippen LogP contribution in [0.15, 0.2) is 18.3 Å². The lowest BCUT2D eigenvalue weighted by molar-refractivity contribution is 0.0695. The zero-order chi connectivity index (χ0) is 14.4. The summed E-state index contributed by atoms with van der Waals surface area (Å²) in [5.41, 5.74) is 1.27. The second kappa shape index (κ2) is 7.60. The summed E-state index contributed by atoms with van der Waals surface area (Å²) in [5.74, 6) is 1.44. The molecule has 0 saturated carbocycles. The third kappa shape index (κ3) is 4.46. The molecule has 0 bridgehead atoms. The number of hydrogen-bond donors (Lipinski definition) is 2. The van der Waals surface area contributed by atoms with Gasteiger partial charge >= 0.3 is 0 Å². The molecule has 1 fully saturated rings. The lowest BCUT2D eigenvalue weighted by Crippen LogP contribution is -2.36. The highest BCUT2D eigenvalue weighted by Gasteiger charge is 2.22. The van der Waals surface area contributed by atoms with Crippen molar-refractivity contribution in [2.45, 2.75) is 45.8 Å². The van der Waals surface area contributed by atoms with Crippen LogP contribution in [-0.4, -0.2) is 40.7 Å². The molecule has 2 N–H and O–H groups in total. The van der Waals surface area contributed by atoms with Crippen molar-refractivity contribution in [1.82, 2.24) is 9.88 Å². The van der Waals surface area contributed by atoms with E-state index in [1.54, 1.807) is 0 Å². The maximum Gasteiger partial charge on any atom is 0.125 e. The van der Waals surface area contributed by atoms with E-state index in [0.717, 1.165) is 51.3 Å². The number of hydrogen-bond acceptors (Lipinski definition) is 4. The minimum Gasteiger partial charge on any atom is -0.393 e. The summed E-state index contributed by atoms with van der Waals surface area (Å²) >= 11 is 0. The molecule has 0 aromatic carbocycles. The lowest BCUT2D eigenvalue weighted by Gasteiger charge is -2.33. The molecule has 1 aromatic rings. The van der Waals surface area contributed by atoms with Crippen molar-refractivity contribution in [3.05, 3.63) is 23.9 Å². The van der Waals surface area contributed by atoms with Gasteiger partial charge in [-0.05, 0) is 56.8 Å². The SMILES string of the molecule is CCCNc1ccc(CN2CCC(C(C)O)CC2)cn1. The quantitative estimate of drug-likeness (QED) is 0.839. The number of likely N-dealkylation sites (tertiary alicyclic amines) is 1. The van der Waals surface area contributed by atoms with E-state index in [2.05, 4.69) is 34.3 Å². The molecule has 20 heavy (non-hydrogen) atoms. The average molecular weight is 277 g/mol. The Morgan fingerprint density at radius 1 is 1.40 bits per heavy atom. The molecule has 2 heterocycles. The molecule has 2 rings (SSSR count). The largest absolute Gasteiger partial charge is 0.393 e. The van der Waals surface area contributed by atoms with E-state index in [1.807, 2.05) is 13.1 Å². The van der Waals surface area contributed by atoms with Crippen LogP contribution < -0.4 is 5.32 Å². The van der Waals surface area contributed by atoms with Gasteiger partial charge in [-0.25, -0.2) is 4.98 Å². The van der Waals surface area contributed by atoms with E-state index >= 15 is 0 Å². The number of rotatable bonds is 6. The Balaban J connectivity index is 1.79. The number of pyridine rings is 1. The minimum absolute atomic E-state index is 0.164. The number of aliphatic hydroxyl groups excluding tert-OH is 1. The number of piperidine rings is 1. The maximum absolute atomic E-state index is 9.62. The van der Waals surface area contributed by atoms with E-state index in [4.69, 9.17) is 0 Å². The third-order valence-electron chi connectivity index (χ3n) is 4.10. The first-order valence-electron chi connectivity index (χ1n) is 7.78. The first-order valence-corrected chi connectivity index (χ1v) is 7.78. The Labute approximate surface area is 122 Å². The molecule has 112 valence electrons. The molecular formula is C16H27N3O. The fourth-order valence-corrected chi connectivity index (χ4v) is 2.73. The van der Waals surface area contributed by atoms with Gasteiger partial charge in [-0.2, -0.15) is 0 Å². The van der Waals surface area contributed by atoms with E-state index in [-0.39, 0.29) is 6.10 Å². The van der Waals surface area contributed by atoms with Gasteiger partial charge < -0.3 is 10.4 Å². The maximum atomic E-state index is 9.62. The number of aromatic nitrogens is 1. The van der Waals surface area contributed by atoms with Crippen molar-refractivity contribution in [1.29, 1.82) is 0 Å². The van der Waals surface area contributed by atoms with Gasteiger partial charge in [-0.3, -0.25) is 4.90 Å². The van der Waals surface area contributed by atoms with Gasteiger partial charge in [-0.15, -0.1) is 0 Å². The van der Waals surface area contributed by atoms with Gasteiger partial charge in [0.2, 0.25) is 0 Å². The molecule has 1 aliphatic rings. The first-order chi connectivity index (χ1) is 9.69. The van der Waals surface area contributed by atoms with Crippen molar-refractivity contribution in [3.8, 4) is 0 Å². The van der Waals surface area contributed by atoms with Crippen LogP contribution in [0.2, 0.25) is 0 Å². The second-order valence-electron chi connectivity index (χ2n) is 5.83. The summed E-state index contributed by atoms with van der Waals surface area (Å²) in [7, 11) is 0. The summed E-state index contributed by atoms with van der Waals surface area (Å²) in [6.45, 7) is 8.15. The van der Waals surface area contributed by atoms with Gasteiger partial charge in [0.05, 0.1) is 6.10 Å². The van der Waals surface area contributed by atoms with Crippen molar-refractivity contribution in [2.75, 3.05) is 25.0 Å². The zero-order valence-electron chi connectivity index (χ0n) is 12.7. The molecular weight excluding hydrogens is 250 g/mol. The Morgan fingerprint density at radius 3 is 2.70 bits per heavy atom. The van der Waals surface area contributed by atoms with Gasteiger partial charge in [0.15, 0.2) is 0 Å². The van der Waals surface area contributed by atoms with Crippen LogP contribution in [0.25, 0.3) is 0 Å². The van der Waals surface area contributed by atoms with Gasteiger partial charge in [0.25, 0.3) is 0 Å². The molecule has 0 aliphatic carbocycles. The molecule has 1 saturated heterocycles. The Bertz CT molecular complexity index is 383. The summed E-state index contributed by atoms with van der Waals surface area (Å²) in [6.07, 6.45) is 5.12. The zero-order valence-corrected chi connectivity index (χ0v) is 12.7. The Kier molecular flexibility index (Phi) is 5.80. The van der Waals surface area contributed by atoms with Crippen LogP contribution in [-0.2, 0) is 6.54 Å². The predicted octanol–water partition coefficient (Wildman–Crippen LogP) is 2.50. The topological polar surface area (TPSA) is 48.4 Å². The van der Waals surface area contributed by atoms with Crippen LogP contribution >= 0.6 is 0 Å². The average Bonchev–Trinajstić information content (AvgIpc) is 2.47. The highest BCUT2D eigenvalue weighted by molar-refractivity contribution is 5.35. The smallest absolute Gasteiger partial charge is 0.125 e. The predicted molar refractivity (Wildman–Crippen MR) is 82.7 cm³/mol. The summed E-state index contributed by atoms with van der Waals surface area (Å²) in [4.78, 5) is 6.90. The molecule has 0 radical (unpaired) electrons. The first kappa shape index (κ1) is 15.3. The van der Waals surface area contributed by atoms with Crippen molar-refractivity contribution in [2.24, 2.45) is 5.92 Å². The van der Waals surface area contributed by atoms with Crippen LogP contribution in [0, 0.1) is 5.92 Å². The van der Waals surface area contributed by atoms with Gasteiger partial charge in [-0.1, -0.05) is 13.0 Å². The van der Waals surface area contributed by atoms with Gasteiger partial charge in [0, 0.05) is 19.3 Å². The van der Waals surface area contributed by atoms with Crippen LogP contribution in [0.1, 0.15) is 38.7 Å². The fourth-order valence-electron chi connectivity index (χ4n) is 2.73. The van der Waals surface area contributed by atoms with Crippen molar-refractivity contribution in [3.63, 3.8) is 0 Å². The fraction of sp³-hybridized carbons (Fsp3) is 0.688. The van der Waals surface area contributed by atoms with Crippen LogP contribution in [0.5, 0.6) is 0 Å². The number of aliphatic hydroxyl groups is 1. The molecule has 1 unspecified atom stereocenters. The van der Waals surface area contributed by atoms with Crippen LogP contribution in [0.4, 0.5) is 5.82 Å². The minimum atomic E-state index is -0.164. The standard InChI is InChI=1S/C16H27N3O/c1-3-8-17-16-5-4-14(11-18-16)12-19-9-6-15(7-10-19)13(2)20/h4-5,11,13,15,20H,3,6-10,12H2,1-2H3,(H,17,18). The van der Waals surface area contributed by atoms with Crippen molar-refractivity contribution >= 4 is 5.82 Å². The van der Waals surface area contributed by atoms with E-state index in [1.165, 1.54) is 5.56 Å². The summed E-state index contributed by atoms with van der Waals surface area (Å²) < 4.78 is 0. The molecule has 1 atom stereocenters. The molecule has 0 amide bonds. The monoisotopic (exact) mass is 277 g/mol. The number of anilines is 1. The highest BCUT2D eigenvalue weighted by Crippen LogP contribution is 2.21. The normalized spacial score (nSPS) is 18.9.